The van der Waals surface area contributed by atoms with Crippen LogP contribution in [-0.4, -0.2) is 12.5 Å². The first-order valence-corrected chi connectivity index (χ1v) is 8.72. The fraction of sp³-hybridized carbons (Fsp3) is 0.389. The van der Waals surface area contributed by atoms with Crippen LogP contribution in [0.2, 0.25) is 0 Å². The van der Waals surface area contributed by atoms with Crippen molar-refractivity contribution < 1.29 is 4.79 Å². The minimum absolute atomic E-state index is 0.113. The largest absolute Gasteiger partial charge is 0.398 e. The molecule has 0 fully saturated rings. The predicted octanol–water partition coefficient (Wildman–Crippen LogP) is 4.18. The van der Waals surface area contributed by atoms with Gasteiger partial charge in [-0.05, 0) is 55.5 Å². The Labute approximate surface area is 135 Å². The number of nitrogens with zero attached hydrogens (tertiary/aromatic N) is 1. The Morgan fingerprint density at radius 1 is 1.41 bits per heavy atom. The first-order chi connectivity index (χ1) is 10.6. The van der Waals surface area contributed by atoms with Crippen LogP contribution in [0.5, 0.6) is 0 Å². The highest BCUT2D eigenvalue weighted by Gasteiger charge is 2.26. The fourth-order valence-corrected chi connectivity index (χ4v) is 4.16. The number of amides is 1. The van der Waals surface area contributed by atoms with Crippen LogP contribution in [0, 0.1) is 6.92 Å². The molecule has 4 heteroatoms. The lowest BCUT2D eigenvalue weighted by molar-refractivity contribution is 0.0989. The van der Waals surface area contributed by atoms with Gasteiger partial charge in [-0.1, -0.05) is 19.4 Å². The van der Waals surface area contributed by atoms with Crippen molar-refractivity contribution in [1.82, 2.24) is 0 Å². The number of aryl methyl sites for hydroxylation is 2. The lowest BCUT2D eigenvalue weighted by atomic mass is 9.99. The Bertz CT molecular complexity index is 705. The van der Waals surface area contributed by atoms with Gasteiger partial charge in [-0.2, -0.15) is 0 Å². The monoisotopic (exact) mass is 314 g/mol. The third-order valence-electron chi connectivity index (χ3n) is 4.28. The van der Waals surface area contributed by atoms with Crippen molar-refractivity contribution in [3.05, 3.63) is 45.1 Å². The van der Waals surface area contributed by atoms with Gasteiger partial charge < -0.3 is 10.6 Å². The van der Waals surface area contributed by atoms with Gasteiger partial charge in [0.25, 0.3) is 5.91 Å². The molecule has 0 spiro atoms. The van der Waals surface area contributed by atoms with Crippen molar-refractivity contribution in [3.8, 4) is 0 Å². The molecule has 3 nitrogen and oxygen atoms in total. The number of benzene rings is 1. The molecule has 22 heavy (non-hydrogen) atoms. The van der Waals surface area contributed by atoms with Crippen LogP contribution in [0.25, 0.3) is 0 Å². The van der Waals surface area contributed by atoms with E-state index >= 15 is 0 Å². The zero-order chi connectivity index (χ0) is 15.7. The van der Waals surface area contributed by atoms with Gasteiger partial charge in [0.2, 0.25) is 0 Å². The van der Waals surface area contributed by atoms with Gasteiger partial charge in [0.15, 0.2) is 0 Å². The Balaban J connectivity index is 1.94. The molecule has 1 aromatic carbocycles. The standard InChI is InChI=1S/C18H22N2OS/c1-3-6-13-11-17(22-12(13)2)18(21)20-10-5-7-14-15(19)8-4-9-16(14)20/h4,8-9,11H,3,5-7,10,19H2,1-2H3. The summed E-state index contributed by atoms with van der Waals surface area (Å²) in [6.07, 6.45) is 4.07. The number of carbonyl (C=O) groups excluding carboxylic acids is 1. The summed E-state index contributed by atoms with van der Waals surface area (Å²) in [4.78, 5) is 16.9. The van der Waals surface area contributed by atoms with Gasteiger partial charge in [-0.15, -0.1) is 11.3 Å². The van der Waals surface area contributed by atoms with Gasteiger partial charge in [0.1, 0.15) is 0 Å². The average Bonchev–Trinajstić information content (AvgIpc) is 2.88. The number of anilines is 2. The number of nitrogens with two attached hydrogens (primary N) is 1. The average molecular weight is 314 g/mol. The van der Waals surface area contributed by atoms with Crippen LogP contribution in [0.3, 0.4) is 0 Å². The summed E-state index contributed by atoms with van der Waals surface area (Å²) >= 11 is 1.61. The molecule has 2 heterocycles. The predicted molar refractivity (Wildman–Crippen MR) is 93.9 cm³/mol. The van der Waals surface area contributed by atoms with E-state index in [9.17, 15) is 4.79 Å². The molecular weight excluding hydrogens is 292 g/mol. The smallest absolute Gasteiger partial charge is 0.268 e. The summed E-state index contributed by atoms with van der Waals surface area (Å²) < 4.78 is 0. The molecule has 2 aromatic rings. The molecule has 1 amide bonds. The lowest BCUT2D eigenvalue weighted by Crippen LogP contribution is -2.35. The van der Waals surface area contributed by atoms with Gasteiger partial charge in [0.05, 0.1) is 4.88 Å². The van der Waals surface area contributed by atoms with Gasteiger partial charge in [-0.3, -0.25) is 4.79 Å². The Morgan fingerprint density at radius 2 is 2.23 bits per heavy atom. The molecule has 0 saturated heterocycles. The Kier molecular flexibility index (Phi) is 4.21. The van der Waals surface area contributed by atoms with E-state index in [0.29, 0.717) is 0 Å². The highest BCUT2D eigenvalue weighted by Crippen LogP contribution is 2.33. The summed E-state index contributed by atoms with van der Waals surface area (Å²) in [5.41, 5.74) is 10.3. The SMILES string of the molecule is CCCc1cc(C(=O)N2CCCc3c(N)cccc32)sc1C. The molecule has 116 valence electrons. The van der Waals surface area contributed by atoms with Gasteiger partial charge in [-0.25, -0.2) is 0 Å². The topological polar surface area (TPSA) is 46.3 Å². The van der Waals surface area contributed by atoms with E-state index in [0.717, 1.165) is 54.0 Å². The zero-order valence-electron chi connectivity index (χ0n) is 13.2. The van der Waals surface area contributed by atoms with E-state index in [-0.39, 0.29) is 5.91 Å². The fourth-order valence-electron chi connectivity index (χ4n) is 3.14. The van der Waals surface area contributed by atoms with Gasteiger partial charge in [0, 0.05) is 22.8 Å². The number of fused-ring (bicyclic) bond motifs is 1. The third-order valence-corrected chi connectivity index (χ3v) is 5.36. The quantitative estimate of drug-likeness (QED) is 0.864. The van der Waals surface area contributed by atoms with Crippen LogP contribution >= 0.6 is 11.3 Å². The van der Waals surface area contributed by atoms with Crippen molar-refractivity contribution in [3.63, 3.8) is 0 Å². The summed E-state index contributed by atoms with van der Waals surface area (Å²) in [6, 6.07) is 7.94. The number of carbonyl (C=O) groups is 1. The molecule has 0 radical (unpaired) electrons. The maximum atomic E-state index is 12.9. The normalized spacial score (nSPS) is 14.0. The minimum atomic E-state index is 0.113. The van der Waals surface area contributed by atoms with Crippen molar-refractivity contribution >= 4 is 28.6 Å². The summed E-state index contributed by atoms with van der Waals surface area (Å²) in [5, 5.41) is 0. The maximum absolute atomic E-state index is 12.9. The van der Waals surface area contributed by atoms with Crippen LogP contribution < -0.4 is 10.6 Å². The number of thiophene rings is 1. The second-order valence-corrected chi connectivity index (χ2v) is 7.10. The van der Waals surface area contributed by atoms with Crippen LogP contribution in [0.1, 0.15) is 45.4 Å². The van der Waals surface area contributed by atoms with Gasteiger partial charge >= 0.3 is 0 Å². The highest BCUT2D eigenvalue weighted by molar-refractivity contribution is 7.14. The second kappa shape index (κ2) is 6.13. The van der Waals surface area contributed by atoms with Crippen molar-refractivity contribution in [2.45, 2.75) is 39.5 Å². The second-order valence-electron chi connectivity index (χ2n) is 5.85. The minimum Gasteiger partial charge on any atom is -0.398 e. The maximum Gasteiger partial charge on any atom is 0.268 e. The molecule has 0 aliphatic carbocycles. The number of hydrogen-bond donors (Lipinski definition) is 1. The van der Waals surface area contributed by atoms with Crippen molar-refractivity contribution in [2.75, 3.05) is 17.2 Å². The molecule has 0 unspecified atom stereocenters. The van der Waals surface area contributed by atoms with E-state index in [1.807, 2.05) is 23.1 Å². The van der Waals surface area contributed by atoms with Crippen molar-refractivity contribution in [1.29, 1.82) is 0 Å². The molecular formula is C18H22N2OS. The van der Waals surface area contributed by atoms with E-state index in [2.05, 4.69) is 19.9 Å². The van der Waals surface area contributed by atoms with Crippen LogP contribution in [0.15, 0.2) is 24.3 Å². The summed E-state index contributed by atoms with van der Waals surface area (Å²) in [7, 11) is 0. The van der Waals surface area contributed by atoms with E-state index in [4.69, 9.17) is 5.73 Å². The lowest BCUT2D eigenvalue weighted by Gasteiger charge is -2.30. The van der Waals surface area contributed by atoms with Crippen LogP contribution in [-0.2, 0) is 12.8 Å². The van der Waals surface area contributed by atoms with E-state index in [1.54, 1.807) is 11.3 Å². The number of rotatable bonds is 3. The highest BCUT2D eigenvalue weighted by atomic mass is 32.1. The summed E-state index contributed by atoms with van der Waals surface area (Å²) in [5.74, 6) is 0.113. The number of nitrogen functional groups attached to an aromatic ring is 1. The summed E-state index contributed by atoms with van der Waals surface area (Å²) in [6.45, 7) is 5.05. The molecule has 0 saturated carbocycles. The van der Waals surface area contributed by atoms with Crippen LogP contribution in [0.4, 0.5) is 11.4 Å². The van der Waals surface area contributed by atoms with Crippen molar-refractivity contribution in [2.24, 2.45) is 0 Å². The van der Waals surface area contributed by atoms with E-state index < -0.39 is 0 Å². The first-order valence-electron chi connectivity index (χ1n) is 7.90. The first kappa shape index (κ1) is 15.1. The molecule has 0 bridgehead atoms. The molecule has 1 aliphatic rings. The number of hydrogen-bond acceptors (Lipinski definition) is 3. The zero-order valence-corrected chi connectivity index (χ0v) is 14.0. The molecule has 1 aromatic heterocycles. The molecule has 0 atom stereocenters. The molecule has 1 aliphatic heterocycles. The van der Waals surface area contributed by atoms with E-state index in [1.165, 1.54) is 10.4 Å². The third kappa shape index (κ3) is 2.63. The Morgan fingerprint density at radius 3 is 3.00 bits per heavy atom. The molecule has 3 rings (SSSR count). The molecule has 2 N–H and O–H groups in total. The Hall–Kier alpha value is -1.81.